The Balaban J connectivity index is 2.17. The Morgan fingerprint density at radius 3 is 2.79 bits per heavy atom. The maximum atomic E-state index is 12.6. The number of carbonyl (C=O) groups is 1. The second kappa shape index (κ2) is 6.19. The lowest BCUT2D eigenvalue weighted by atomic mass is 10.1. The highest BCUT2D eigenvalue weighted by Crippen LogP contribution is 2.31. The lowest BCUT2D eigenvalue weighted by Crippen LogP contribution is -2.33. The van der Waals surface area contributed by atoms with Crippen LogP contribution in [0.5, 0.6) is 0 Å². The van der Waals surface area contributed by atoms with Gasteiger partial charge in [0.1, 0.15) is 0 Å². The molecule has 0 saturated carbocycles. The van der Waals surface area contributed by atoms with Crippen molar-refractivity contribution in [3.05, 3.63) is 32.7 Å². The third kappa shape index (κ3) is 3.99. The second-order valence-corrected chi connectivity index (χ2v) is 8.85. The average molecular weight is 407 g/mol. The summed E-state index contributed by atoms with van der Waals surface area (Å²) in [7, 11) is 0. The molecule has 1 saturated heterocycles. The summed E-state index contributed by atoms with van der Waals surface area (Å²) in [4.78, 5) is 14.6. The minimum absolute atomic E-state index is 0.117. The molecule has 1 fully saturated rings. The van der Waals surface area contributed by atoms with Crippen LogP contribution >= 0.6 is 43.6 Å². The molecule has 0 N–H and O–H groups in total. The van der Waals surface area contributed by atoms with Crippen LogP contribution in [-0.2, 0) is 0 Å². The zero-order valence-electron chi connectivity index (χ0n) is 11.1. The molecule has 0 atom stereocenters. The van der Waals surface area contributed by atoms with Crippen LogP contribution in [0.3, 0.4) is 0 Å². The molecule has 0 spiro atoms. The van der Waals surface area contributed by atoms with Gasteiger partial charge in [-0.25, -0.2) is 0 Å². The van der Waals surface area contributed by atoms with E-state index in [4.69, 9.17) is 0 Å². The zero-order chi connectivity index (χ0) is 14.0. The van der Waals surface area contributed by atoms with E-state index in [-0.39, 0.29) is 10.7 Å². The van der Waals surface area contributed by atoms with Gasteiger partial charge >= 0.3 is 0 Å². The Bertz CT molecular complexity index is 490. The molecule has 0 radical (unpaired) electrons. The standard InChI is InChI=1S/C14H17Br2NOS/c1-14(2)5-6-17(7-8-19-14)13(18)11-9-10(15)3-4-12(11)16/h3-4,9H,5-8H2,1-2H3. The molecule has 1 aliphatic rings. The van der Waals surface area contributed by atoms with Crippen molar-refractivity contribution >= 4 is 49.5 Å². The first kappa shape index (κ1) is 15.4. The van der Waals surface area contributed by atoms with E-state index in [1.165, 1.54) is 0 Å². The maximum Gasteiger partial charge on any atom is 0.255 e. The van der Waals surface area contributed by atoms with Crippen LogP contribution < -0.4 is 0 Å². The Hall–Kier alpha value is -0.000000000000000111. The third-order valence-electron chi connectivity index (χ3n) is 3.28. The summed E-state index contributed by atoms with van der Waals surface area (Å²) >= 11 is 8.84. The van der Waals surface area contributed by atoms with Crippen molar-refractivity contribution < 1.29 is 4.79 Å². The molecule has 1 aromatic carbocycles. The Morgan fingerprint density at radius 1 is 1.32 bits per heavy atom. The fourth-order valence-corrected chi connectivity index (χ4v) is 3.93. The SMILES string of the molecule is CC1(C)CCN(C(=O)c2cc(Br)ccc2Br)CCS1. The summed E-state index contributed by atoms with van der Waals surface area (Å²) in [5, 5.41) is 0. The van der Waals surface area contributed by atoms with Crippen molar-refractivity contribution in [1.82, 2.24) is 4.90 Å². The predicted molar refractivity (Wildman–Crippen MR) is 88.9 cm³/mol. The maximum absolute atomic E-state index is 12.6. The van der Waals surface area contributed by atoms with Crippen molar-refractivity contribution in [2.45, 2.75) is 25.0 Å². The molecule has 19 heavy (non-hydrogen) atoms. The average Bonchev–Trinajstić information content (AvgIpc) is 2.52. The smallest absolute Gasteiger partial charge is 0.255 e. The van der Waals surface area contributed by atoms with Gasteiger partial charge in [-0.05, 0) is 40.5 Å². The van der Waals surface area contributed by atoms with Crippen molar-refractivity contribution in [1.29, 1.82) is 0 Å². The summed E-state index contributed by atoms with van der Waals surface area (Å²) in [6, 6.07) is 5.73. The van der Waals surface area contributed by atoms with Gasteiger partial charge in [-0.3, -0.25) is 4.79 Å². The number of benzene rings is 1. The molecule has 1 heterocycles. The molecular formula is C14H17Br2NOS. The van der Waals surface area contributed by atoms with Crippen molar-refractivity contribution in [3.63, 3.8) is 0 Å². The van der Waals surface area contributed by atoms with Crippen LogP contribution in [0.1, 0.15) is 30.6 Å². The predicted octanol–water partition coefficient (Wildman–Crippen LogP) is 4.57. The molecule has 1 aliphatic heterocycles. The molecule has 2 nitrogen and oxygen atoms in total. The van der Waals surface area contributed by atoms with Gasteiger partial charge in [0.25, 0.3) is 5.91 Å². The molecule has 1 amide bonds. The van der Waals surface area contributed by atoms with Crippen LogP contribution in [0.15, 0.2) is 27.1 Å². The number of nitrogens with zero attached hydrogens (tertiary/aromatic N) is 1. The summed E-state index contributed by atoms with van der Waals surface area (Å²) in [6.07, 6.45) is 1.04. The molecule has 1 aromatic rings. The molecular weight excluding hydrogens is 390 g/mol. The minimum Gasteiger partial charge on any atom is -0.338 e. The highest BCUT2D eigenvalue weighted by molar-refractivity contribution is 9.11. The minimum atomic E-state index is 0.117. The molecule has 2 rings (SSSR count). The first-order valence-corrected chi connectivity index (χ1v) is 8.84. The summed E-state index contributed by atoms with van der Waals surface area (Å²) in [5.74, 6) is 1.12. The van der Waals surface area contributed by atoms with Gasteiger partial charge < -0.3 is 4.90 Å². The molecule has 0 aliphatic carbocycles. The normalized spacial score (nSPS) is 19.1. The van der Waals surface area contributed by atoms with Gasteiger partial charge in [0.15, 0.2) is 0 Å². The monoisotopic (exact) mass is 405 g/mol. The highest BCUT2D eigenvalue weighted by Gasteiger charge is 2.27. The Labute approximate surface area is 135 Å². The topological polar surface area (TPSA) is 20.3 Å². The first-order chi connectivity index (χ1) is 8.89. The van der Waals surface area contributed by atoms with E-state index in [0.717, 1.165) is 39.8 Å². The van der Waals surface area contributed by atoms with Gasteiger partial charge in [-0.1, -0.05) is 29.8 Å². The van der Waals surface area contributed by atoms with E-state index in [1.807, 2.05) is 34.9 Å². The van der Waals surface area contributed by atoms with Crippen LogP contribution in [0.2, 0.25) is 0 Å². The molecule has 0 aromatic heterocycles. The van der Waals surface area contributed by atoms with Gasteiger partial charge in [0, 0.05) is 32.5 Å². The van der Waals surface area contributed by atoms with E-state index in [2.05, 4.69) is 45.7 Å². The Morgan fingerprint density at radius 2 is 2.05 bits per heavy atom. The summed E-state index contributed by atoms with van der Waals surface area (Å²) in [6.45, 7) is 6.16. The van der Waals surface area contributed by atoms with Crippen LogP contribution in [0.25, 0.3) is 0 Å². The van der Waals surface area contributed by atoms with Gasteiger partial charge in [-0.2, -0.15) is 11.8 Å². The van der Waals surface area contributed by atoms with Crippen LogP contribution in [0.4, 0.5) is 0 Å². The van der Waals surface area contributed by atoms with E-state index in [9.17, 15) is 4.79 Å². The quantitative estimate of drug-likeness (QED) is 0.680. The van der Waals surface area contributed by atoms with Crippen molar-refractivity contribution in [3.8, 4) is 0 Å². The van der Waals surface area contributed by atoms with E-state index in [0.29, 0.717) is 0 Å². The molecule has 0 unspecified atom stereocenters. The zero-order valence-corrected chi connectivity index (χ0v) is 15.1. The molecule has 104 valence electrons. The van der Waals surface area contributed by atoms with E-state index >= 15 is 0 Å². The fraction of sp³-hybridized carbons (Fsp3) is 0.500. The Kier molecular flexibility index (Phi) is 5.01. The number of halogens is 2. The third-order valence-corrected chi connectivity index (χ3v) is 5.84. The number of carbonyl (C=O) groups excluding carboxylic acids is 1. The van der Waals surface area contributed by atoms with Crippen molar-refractivity contribution in [2.24, 2.45) is 0 Å². The number of hydrogen-bond donors (Lipinski definition) is 0. The van der Waals surface area contributed by atoms with E-state index in [1.54, 1.807) is 0 Å². The van der Waals surface area contributed by atoms with Crippen molar-refractivity contribution in [2.75, 3.05) is 18.8 Å². The fourth-order valence-electron chi connectivity index (χ4n) is 2.06. The number of amides is 1. The van der Waals surface area contributed by atoms with Gasteiger partial charge in [0.2, 0.25) is 0 Å². The van der Waals surface area contributed by atoms with Gasteiger partial charge in [0.05, 0.1) is 5.56 Å². The van der Waals surface area contributed by atoms with Crippen LogP contribution in [-0.4, -0.2) is 34.4 Å². The second-order valence-electron chi connectivity index (χ2n) is 5.27. The lowest BCUT2D eigenvalue weighted by Gasteiger charge is -2.23. The largest absolute Gasteiger partial charge is 0.338 e. The number of rotatable bonds is 1. The number of thioether (sulfide) groups is 1. The van der Waals surface area contributed by atoms with E-state index < -0.39 is 0 Å². The molecule has 0 bridgehead atoms. The first-order valence-electron chi connectivity index (χ1n) is 6.27. The highest BCUT2D eigenvalue weighted by atomic mass is 79.9. The van der Waals surface area contributed by atoms with Gasteiger partial charge in [-0.15, -0.1) is 0 Å². The summed E-state index contributed by atoms with van der Waals surface area (Å²) in [5.41, 5.74) is 0.735. The van der Waals surface area contributed by atoms with Crippen LogP contribution in [0, 0.1) is 0 Å². The summed E-state index contributed by atoms with van der Waals surface area (Å²) < 4.78 is 2.06. The molecule has 5 heteroatoms. The number of hydrogen-bond acceptors (Lipinski definition) is 2. The lowest BCUT2D eigenvalue weighted by molar-refractivity contribution is 0.0763.